The number of hydrogen-bond acceptors (Lipinski definition) is 8. The number of amides is 2. The molecule has 3 saturated heterocycles. The normalized spacial score (nSPS) is 21.2. The van der Waals surface area contributed by atoms with E-state index in [1.165, 1.54) is 0 Å². The molecule has 11 heteroatoms. The SMILES string of the molecule is O=C(O)CCCC(=O)NCc1ccccc1-c1ccc(C2OC(CN3CCC4(CC3)C(=O)NCN4c3ccccc3)CC(c3ccc(CO)cc3)O2)cc1. The number of hydrogen-bond donors (Lipinski definition) is 4. The summed E-state index contributed by atoms with van der Waals surface area (Å²) < 4.78 is 13.3. The van der Waals surface area contributed by atoms with Crippen molar-refractivity contribution in [2.24, 2.45) is 0 Å². The van der Waals surface area contributed by atoms with Crippen LogP contribution >= 0.6 is 0 Å². The van der Waals surface area contributed by atoms with E-state index in [9.17, 15) is 19.5 Å². The van der Waals surface area contributed by atoms with Crippen molar-refractivity contribution in [2.75, 3.05) is 31.2 Å². The van der Waals surface area contributed by atoms with Gasteiger partial charge in [-0.2, -0.15) is 0 Å². The Balaban J connectivity index is 1.04. The number of carboxylic acids is 1. The number of ether oxygens (including phenoxy) is 2. The van der Waals surface area contributed by atoms with Crippen LogP contribution in [0.25, 0.3) is 11.1 Å². The molecule has 4 aromatic rings. The maximum Gasteiger partial charge on any atom is 0.303 e. The van der Waals surface area contributed by atoms with Crippen LogP contribution in [0.1, 0.15) is 73.2 Å². The second kappa shape index (κ2) is 16.9. The zero-order valence-corrected chi connectivity index (χ0v) is 30.4. The van der Waals surface area contributed by atoms with Crippen molar-refractivity contribution >= 4 is 23.5 Å². The average molecular weight is 733 g/mol. The van der Waals surface area contributed by atoms with Gasteiger partial charge in [0.2, 0.25) is 11.8 Å². The van der Waals surface area contributed by atoms with E-state index in [1.807, 2.05) is 91.0 Å². The third-order valence-electron chi connectivity index (χ3n) is 10.9. The van der Waals surface area contributed by atoms with Gasteiger partial charge < -0.3 is 40.1 Å². The Morgan fingerprint density at radius 3 is 2.28 bits per heavy atom. The minimum atomic E-state index is -0.907. The molecule has 11 nitrogen and oxygen atoms in total. The first-order valence-corrected chi connectivity index (χ1v) is 18.8. The zero-order chi connectivity index (χ0) is 37.5. The summed E-state index contributed by atoms with van der Waals surface area (Å²) in [6.07, 6.45) is 1.61. The van der Waals surface area contributed by atoms with Crippen LogP contribution in [0, 0.1) is 0 Å². The molecule has 3 aliphatic rings. The first-order chi connectivity index (χ1) is 26.3. The van der Waals surface area contributed by atoms with Gasteiger partial charge in [0, 0.05) is 56.7 Å². The standard InChI is InChI=1S/C43H48N4O7/c48-28-30-13-15-32(16-14-30)38-25-36(27-46-23-21-43(22-24-46)42(52)45-29-47(43)35-8-2-1-3-9-35)53-41(54-38)33-19-17-31(18-20-33)37-10-5-4-7-34(37)26-44-39(49)11-6-12-40(50)51/h1-5,7-10,13-20,36,38,41,48H,6,11-12,21-29H2,(H,44,49)(H,45,52)(H,50,51). The van der Waals surface area contributed by atoms with Crippen LogP contribution < -0.4 is 15.5 Å². The van der Waals surface area contributed by atoms with Gasteiger partial charge in [-0.15, -0.1) is 0 Å². The Bertz CT molecular complexity index is 1900. The molecule has 54 heavy (non-hydrogen) atoms. The number of benzene rings is 4. The molecule has 2 amide bonds. The molecule has 0 radical (unpaired) electrons. The molecule has 0 saturated carbocycles. The Labute approximate surface area is 315 Å². The third kappa shape index (κ3) is 8.50. The minimum Gasteiger partial charge on any atom is -0.481 e. The molecule has 4 N–H and O–H groups in total. The van der Waals surface area contributed by atoms with Crippen LogP contribution in [-0.2, 0) is 37.0 Å². The summed E-state index contributed by atoms with van der Waals surface area (Å²) >= 11 is 0. The number of aliphatic carboxylic acids is 1. The second-order valence-electron chi connectivity index (χ2n) is 14.4. The lowest BCUT2D eigenvalue weighted by Crippen LogP contribution is -2.57. The lowest BCUT2D eigenvalue weighted by molar-refractivity contribution is -0.253. The number of carbonyl (C=O) groups is 3. The smallest absolute Gasteiger partial charge is 0.303 e. The lowest BCUT2D eigenvalue weighted by Gasteiger charge is -2.45. The average Bonchev–Trinajstić information content (AvgIpc) is 3.52. The summed E-state index contributed by atoms with van der Waals surface area (Å²) in [7, 11) is 0. The zero-order valence-electron chi connectivity index (χ0n) is 30.4. The highest BCUT2D eigenvalue weighted by atomic mass is 16.7. The summed E-state index contributed by atoms with van der Waals surface area (Å²) in [6, 6.07) is 34.1. The van der Waals surface area contributed by atoms with Crippen molar-refractivity contribution in [2.45, 2.75) is 75.7 Å². The number of aliphatic hydroxyl groups excluding tert-OH is 1. The molecular weight excluding hydrogens is 684 g/mol. The maximum absolute atomic E-state index is 13.3. The Kier molecular flexibility index (Phi) is 11.7. The summed E-state index contributed by atoms with van der Waals surface area (Å²) in [4.78, 5) is 41.1. The number of carboxylic acid groups (broad SMARTS) is 1. The van der Waals surface area contributed by atoms with Crippen LogP contribution in [0.5, 0.6) is 0 Å². The van der Waals surface area contributed by atoms with Crippen molar-refractivity contribution < 1.29 is 34.1 Å². The maximum atomic E-state index is 13.3. The molecule has 4 aromatic carbocycles. The molecule has 3 atom stereocenters. The molecule has 0 bridgehead atoms. The van der Waals surface area contributed by atoms with E-state index in [4.69, 9.17) is 14.6 Å². The summed E-state index contributed by atoms with van der Waals surface area (Å²) in [6.45, 7) is 3.08. The van der Waals surface area contributed by atoms with Crippen molar-refractivity contribution in [1.82, 2.24) is 15.5 Å². The van der Waals surface area contributed by atoms with E-state index in [0.717, 1.165) is 65.0 Å². The second-order valence-corrected chi connectivity index (χ2v) is 14.4. The number of piperidine rings is 1. The van der Waals surface area contributed by atoms with E-state index < -0.39 is 17.8 Å². The van der Waals surface area contributed by atoms with Gasteiger partial charge in [0.1, 0.15) is 5.54 Å². The van der Waals surface area contributed by atoms with Crippen molar-refractivity contribution in [3.8, 4) is 11.1 Å². The Hall–Kier alpha value is -5.07. The highest BCUT2D eigenvalue weighted by molar-refractivity contribution is 5.93. The predicted molar refractivity (Wildman–Crippen MR) is 204 cm³/mol. The number of carbonyl (C=O) groups excluding carboxylic acids is 2. The first kappa shape index (κ1) is 37.3. The quantitative estimate of drug-likeness (QED) is 0.137. The van der Waals surface area contributed by atoms with Crippen LogP contribution in [-0.4, -0.2) is 70.8 Å². The number of para-hydroxylation sites is 1. The topological polar surface area (TPSA) is 141 Å². The highest BCUT2D eigenvalue weighted by Crippen LogP contribution is 2.40. The molecular formula is C43H48N4O7. The van der Waals surface area contributed by atoms with Crippen molar-refractivity contribution in [1.29, 1.82) is 0 Å². The molecule has 3 fully saturated rings. The number of anilines is 1. The van der Waals surface area contributed by atoms with Crippen LogP contribution in [0.4, 0.5) is 5.69 Å². The molecule has 1 spiro atoms. The number of nitrogens with zero attached hydrogens (tertiary/aromatic N) is 2. The van der Waals surface area contributed by atoms with Crippen LogP contribution in [0.2, 0.25) is 0 Å². The van der Waals surface area contributed by atoms with E-state index >= 15 is 0 Å². The van der Waals surface area contributed by atoms with E-state index in [0.29, 0.717) is 32.6 Å². The molecule has 0 aliphatic carbocycles. The lowest BCUT2D eigenvalue weighted by atomic mass is 9.85. The summed E-state index contributed by atoms with van der Waals surface area (Å²) in [5.74, 6) is -0.982. The van der Waals surface area contributed by atoms with Gasteiger partial charge in [0.05, 0.1) is 25.5 Å². The third-order valence-corrected chi connectivity index (χ3v) is 10.9. The van der Waals surface area contributed by atoms with Gasteiger partial charge in [0.25, 0.3) is 0 Å². The number of rotatable bonds is 13. The Morgan fingerprint density at radius 1 is 0.852 bits per heavy atom. The largest absolute Gasteiger partial charge is 0.481 e. The van der Waals surface area contributed by atoms with Crippen molar-refractivity contribution in [3.63, 3.8) is 0 Å². The molecule has 3 heterocycles. The van der Waals surface area contributed by atoms with Gasteiger partial charge in [0.15, 0.2) is 6.29 Å². The van der Waals surface area contributed by atoms with E-state index in [2.05, 4.69) is 32.6 Å². The minimum absolute atomic E-state index is 0.0228. The van der Waals surface area contributed by atoms with E-state index in [1.54, 1.807) is 0 Å². The number of likely N-dealkylation sites (tertiary alicyclic amines) is 1. The monoisotopic (exact) mass is 732 g/mol. The molecule has 3 unspecified atom stereocenters. The summed E-state index contributed by atoms with van der Waals surface area (Å²) in [5, 5.41) is 24.5. The Morgan fingerprint density at radius 2 is 1.56 bits per heavy atom. The van der Waals surface area contributed by atoms with E-state index in [-0.39, 0.29) is 43.5 Å². The fourth-order valence-corrected chi connectivity index (χ4v) is 7.92. The van der Waals surface area contributed by atoms with Crippen LogP contribution in [0.3, 0.4) is 0 Å². The molecule has 282 valence electrons. The fourth-order valence-electron chi connectivity index (χ4n) is 7.92. The van der Waals surface area contributed by atoms with Gasteiger partial charge >= 0.3 is 5.97 Å². The molecule has 0 aromatic heterocycles. The molecule has 7 rings (SSSR count). The van der Waals surface area contributed by atoms with Gasteiger partial charge in [-0.3, -0.25) is 14.4 Å². The van der Waals surface area contributed by atoms with Gasteiger partial charge in [-0.1, -0.05) is 91.0 Å². The van der Waals surface area contributed by atoms with Gasteiger partial charge in [-0.25, -0.2) is 0 Å². The number of nitrogens with one attached hydrogen (secondary N) is 2. The van der Waals surface area contributed by atoms with Crippen molar-refractivity contribution in [3.05, 3.63) is 125 Å². The number of aliphatic hydroxyl groups is 1. The molecule has 3 aliphatic heterocycles. The highest BCUT2D eigenvalue weighted by Gasteiger charge is 2.50. The summed E-state index contributed by atoms with van der Waals surface area (Å²) in [5.41, 5.74) is 6.20. The first-order valence-electron chi connectivity index (χ1n) is 18.8. The van der Waals surface area contributed by atoms with Crippen LogP contribution in [0.15, 0.2) is 103 Å². The van der Waals surface area contributed by atoms with Gasteiger partial charge in [-0.05, 0) is 59.2 Å². The fraction of sp³-hybridized carbons (Fsp3) is 0.372. The predicted octanol–water partition coefficient (Wildman–Crippen LogP) is 5.69.